The Balaban J connectivity index is 1.97. The van der Waals surface area contributed by atoms with Crippen molar-refractivity contribution in [1.82, 2.24) is 4.98 Å². The number of aryl methyl sites for hydroxylation is 2. The summed E-state index contributed by atoms with van der Waals surface area (Å²) in [7, 11) is -3.93. The second-order valence-electron chi connectivity index (χ2n) is 7.04. The van der Waals surface area contributed by atoms with Crippen molar-refractivity contribution >= 4 is 26.6 Å². The molecule has 146 valence electrons. The van der Waals surface area contributed by atoms with Crippen LogP contribution in [0.3, 0.4) is 0 Å². The van der Waals surface area contributed by atoms with Gasteiger partial charge in [-0.15, -0.1) is 0 Å². The topological polar surface area (TPSA) is 79.0 Å². The minimum absolute atomic E-state index is 0.00753. The van der Waals surface area contributed by atoms with Gasteiger partial charge in [-0.05, 0) is 43.2 Å². The highest BCUT2D eigenvalue weighted by Gasteiger charge is 2.21. The number of aromatic nitrogens is 1. The van der Waals surface area contributed by atoms with Crippen molar-refractivity contribution in [2.45, 2.75) is 18.7 Å². The Morgan fingerprint density at radius 2 is 1.48 bits per heavy atom. The Kier molecular flexibility index (Phi) is 4.72. The number of hydrogen-bond donors (Lipinski definition) is 2. The summed E-state index contributed by atoms with van der Waals surface area (Å²) < 4.78 is 28.5. The zero-order valence-corrected chi connectivity index (χ0v) is 16.9. The smallest absolute Gasteiger partial charge is 0.273 e. The average molecular weight is 404 g/mol. The lowest BCUT2D eigenvalue weighted by molar-refractivity contribution is 0.601. The largest absolute Gasteiger partial charge is 0.320 e. The van der Waals surface area contributed by atoms with E-state index in [4.69, 9.17) is 0 Å². The molecule has 0 atom stereocenters. The highest BCUT2D eigenvalue weighted by Crippen LogP contribution is 2.33. The molecule has 0 aliphatic rings. The van der Waals surface area contributed by atoms with Crippen LogP contribution in [0.4, 0.5) is 5.69 Å². The number of hydrogen-bond acceptors (Lipinski definition) is 3. The molecule has 29 heavy (non-hydrogen) atoms. The summed E-state index contributed by atoms with van der Waals surface area (Å²) in [6.45, 7) is 3.82. The van der Waals surface area contributed by atoms with Crippen molar-refractivity contribution in [3.05, 3.63) is 94.3 Å². The normalized spacial score (nSPS) is 11.5. The zero-order valence-electron chi connectivity index (χ0n) is 16.1. The van der Waals surface area contributed by atoms with Gasteiger partial charge < -0.3 is 4.98 Å². The van der Waals surface area contributed by atoms with Crippen LogP contribution in [0.1, 0.15) is 11.1 Å². The van der Waals surface area contributed by atoms with Gasteiger partial charge in [0.05, 0.1) is 4.90 Å². The summed E-state index contributed by atoms with van der Waals surface area (Å²) in [5.41, 5.74) is 3.44. The molecule has 0 spiro atoms. The monoisotopic (exact) mass is 404 g/mol. The lowest BCUT2D eigenvalue weighted by atomic mass is 9.99. The Morgan fingerprint density at radius 1 is 0.828 bits per heavy atom. The van der Waals surface area contributed by atoms with Crippen molar-refractivity contribution in [2.24, 2.45) is 0 Å². The molecule has 1 aromatic heterocycles. The predicted octanol–water partition coefficient (Wildman–Crippen LogP) is 4.61. The maximum atomic E-state index is 13.0. The van der Waals surface area contributed by atoms with E-state index in [2.05, 4.69) is 9.71 Å². The molecule has 4 rings (SSSR count). The van der Waals surface area contributed by atoms with Crippen LogP contribution in [0.25, 0.3) is 22.0 Å². The molecule has 0 saturated heterocycles. The molecule has 0 bridgehead atoms. The lowest BCUT2D eigenvalue weighted by Gasteiger charge is -2.15. The molecule has 0 radical (unpaired) electrons. The van der Waals surface area contributed by atoms with Crippen molar-refractivity contribution in [3.63, 3.8) is 0 Å². The van der Waals surface area contributed by atoms with Gasteiger partial charge in [0.15, 0.2) is 0 Å². The summed E-state index contributed by atoms with van der Waals surface area (Å²) in [6.07, 6.45) is 0. The van der Waals surface area contributed by atoms with E-state index in [0.29, 0.717) is 11.1 Å². The van der Waals surface area contributed by atoms with Gasteiger partial charge in [-0.2, -0.15) is 0 Å². The molecule has 0 aliphatic carbocycles. The van der Waals surface area contributed by atoms with Crippen LogP contribution in [0.15, 0.2) is 82.5 Å². The van der Waals surface area contributed by atoms with E-state index in [0.717, 1.165) is 22.1 Å². The van der Waals surface area contributed by atoms with Crippen LogP contribution in [-0.2, 0) is 10.0 Å². The van der Waals surface area contributed by atoms with Crippen LogP contribution in [0, 0.1) is 13.8 Å². The number of benzene rings is 3. The Morgan fingerprint density at radius 3 is 2.17 bits per heavy atom. The number of anilines is 1. The SMILES string of the molecule is Cc1ccc(S(=O)(=O)Nc2c(-c3ccccc3)c3ccc(C)cc3[nH]c2=O)cc1. The fourth-order valence-corrected chi connectivity index (χ4v) is 4.40. The standard InChI is InChI=1S/C23H20N2O3S/c1-15-8-11-18(12-9-15)29(27,28)25-22-21(17-6-4-3-5-7-17)19-13-10-16(2)14-20(19)24-23(22)26/h3-14,25H,1-2H3,(H,24,26). The number of fused-ring (bicyclic) bond motifs is 1. The number of aromatic amines is 1. The molecule has 2 N–H and O–H groups in total. The zero-order chi connectivity index (χ0) is 20.6. The Bertz CT molecular complexity index is 1360. The fraction of sp³-hybridized carbons (Fsp3) is 0.0870. The van der Waals surface area contributed by atoms with Crippen molar-refractivity contribution in [3.8, 4) is 11.1 Å². The van der Waals surface area contributed by atoms with Gasteiger partial charge in [0.1, 0.15) is 5.69 Å². The van der Waals surface area contributed by atoms with Gasteiger partial charge in [-0.25, -0.2) is 8.42 Å². The summed E-state index contributed by atoms with van der Waals surface area (Å²) in [5, 5.41) is 0.767. The molecule has 0 saturated carbocycles. The molecule has 0 aliphatic heterocycles. The third-order valence-corrected chi connectivity index (χ3v) is 6.17. The molecule has 0 fully saturated rings. The van der Waals surface area contributed by atoms with Gasteiger partial charge in [-0.3, -0.25) is 9.52 Å². The van der Waals surface area contributed by atoms with E-state index in [9.17, 15) is 13.2 Å². The minimum atomic E-state index is -3.93. The second-order valence-corrected chi connectivity index (χ2v) is 8.72. The van der Waals surface area contributed by atoms with E-state index >= 15 is 0 Å². The first-order chi connectivity index (χ1) is 13.8. The number of pyridine rings is 1. The molecule has 3 aromatic carbocycles. The van der Waals surface area contributed by atoms with Gasteiger partial charge in [0.2, 0.25) is 0 Å². The van der Waals surface area contributed by atoms with Crippen LogP contribution in [0.2, 0.25) is 0 Å². The third kappa shape index (κ3) is 3.67. The molecule has 4 aromatic rings. The van der Waals surface area contributed by atoms with Crippen LogP contribution >= 0.6 is 0 Å². The molecule has 0 unspecified atom stereocenters. The predicted molar refractivity (Wildman–Crippen MR) is 117 cm³/mol. The van der Waals surface area contributed by atoms with Crippen molar-refractivity contribution < 1.29 is 8.42 Å². The Labute approximate surface area is 169 Å². The summed E-state index contributed by atoms with van der Waals surface area (Å²) >= 11 is 0. The van der Waals surface area contributed by atoms with E-state index in [1.54, 1.807) is 12.1 Å². The van der Waals surface area contributed by atoms with E-state index in [-0.39, 0.29) is 10.6 Å². The molecule has 6 heteroatoms. The highest BCUT2D eigenvalue weighted by molar-refractivity contribution is 7.92. The number of H-pyrrole nitrogens is 1. The van der Waals surface area contributed by atoms with E-state index in [1.165, 1.54) is 12.1 Å². The van der Waals surface area contributed by atoms with Gasteiger partial charge in [0.25, 0.3) is 15.6 Å². The maximum absolute atomic E-state index is 13.0. The lowest BCUT2D eigenvalue weighted by Crippen LogP contribution is -2.21. The average Bonchev–Trinajstić information content (AvgIpc) is 2.69. The van der Waals surface area contributed by atoms with Crippen LogP contribution in [-0.4, -0.2) is 13.4 Å². The number of sulfonamides is 1. The first-order valence-corrected chi connectivity index (χ1v) is 10.6. The van der Waals surface area contributed by atoms with Gasteiger partial charge in [-0.1, -0.05) is 60.2 Å². The molecule has 5 nitrogen and oxygen atoms in total. The minimum Gasteiger partial charge on any atom is -0.320 e. The quantitative estimate of drug-likeness (QED) is 0.521. The van der Waals surface area contributed by atoms with Crippen molar-refractivity contribution in [2.75, 3.05) is 4.72 Å². The van der Waals surface area contributed by atoms with E-state index < -0.39 is 15.6 Å². The first kappa shape index (κ1) is 19.0. The molecular weight excluding hydrogens is 384 g/mol. The van der Waals surface area contributed by atoms with Crippen molar-refractivity contribution in [1.29, 1.82) is 0 Å². The third-order valence-electron chi connectivity index (χ3n) is 4.80. The summed E-state index contributed by atoms with van der Waals surface area (Å²) in [5.74, 6) is 0. The number of rotatable bonds is 4. The van der Waals surface area contributed by atoms with Gasteiger partial charge >= 0.3 is 0 Å². The molecular formula is C23H20N2O3S. The highest BCUT2D eigenvalue weighted by atomic mass is 32.2. The van der Waals surface area contributed by atoms with Crippen LogP contribution in [0.5, 0.6) is 0 Å². The van der Waals surface area contributed by atoms with E-state index in [1.807, 2.05) is 62.4 Å². The molecule has 1 heterocycles. The maximum Gasteiger partial charge on any atom is 0.273 e. The Hall–Kier alpha value is -3.38. The first-order valence-electron chi connectivity index (χ1n) is 9.17. The van der Waals surface area contributed by atoms with Gasteiger partial charge in [0, 0.05) is 16.5 Å². The second kappa shape index (κ2) is 7.22. The number of nitrogens with one attached hydrogen (secondary N) is 2. The van der Waals surface area contributed by atoms with Crippen LogP contribution < -0.4 is 10.3 Å². The summed E-state index contributed by atoms with van der Waals surface area (Å²) in [6, 6.07) is 21.5. The fourth-order valence-electron chi connectivity index (χ4n) is 3.33. The molecule has 0 amide bonds. The summed E-state index contributed by atoms with van der Waals surface area (Å²) in [4.78, 5) is 15.8.